The molecule has 0 heterocycles. The van der Waals surface area contributed by atoms with Crippen molar-refractivity contribution in [2.75, 3.05) is 6.73 Å². The van der Waals surface area contributed by atoms with E-state index in [1.165, 1.54) is 0 Å². The Morgan fingerprint density at radius 3 is 1.75 bits per heavy atom. The third-order valence-electron chi connectivity index (χ3n) is 0.280. The minimum atomic E-state index is -1.53. The molecule has 52 valence electrons. The standard InChI is InChI=1S/C2H4Cl3NO.H2O/c3-2(4,5)6-1-7;/h6-7H,1H2;1H2. The third kappa shape index (κ3) is 9.89. The molecule has 0 radical (unpaired) electrons. The van der Waals surface area contributed by atoms with E-state index < -0.39 is 3.92 Å². The smallest absolute Gasteiger partial charge is 0.246 e. The molecule has 0 aliphatic rings. The maximum atomic E-state index is 8.04. The monoisotopic (exact) mass is 181 g/mol. The first-order valence-electron chi connectivity index (χ1n) is 1.49. The minimum Gasteiger partial charge on any atom is -0.412 e. The summed E-state index contributed by atoms with van der Waals surface area (Å²) in [6, 6.07) is 0. The highest BCUT2D eigenvalue weighted by molar-refractivity contribution is 6.67. The summed E-state index contributed by atoms with van der Waals surface area (Å²) < 4.78 is -1.53. The van der Waals surface area contributed by atoms with Crippen molar-refractivity contribution >= 4 is 34.8 Å². The molecule has 0 aromatic rings. The Labute approximate surface area is 61.8 Å². The fourth-order valence-electron chi connectivity index (χ4n) is 0.0896. The molecule has 0 fully saturated rings. The van der Waals surface area contributed by atoms with Crippen LogP contribution >= 0.6 is 34.8 Å². The summed E-state index contributed by atoms with van der Waals surface area (Å²) >= 11 is 15.3. The van der Waals surface area contributed by atoms with Gasteiger partial charge >= 0.3 is 0 Å². The van der Waals surface area contributed by atoms with E-state index in [0.717, 1.165) is 0 Å². The Bertz CT molecular complexity index is 53.7. The zero-order valence-corrected chi connectivity index (χ0v) is 6.06. The number of rotatable bonds is 1. The molecule has 0 aliphatic carbocycles. The van der Waals surface area contributed by atoms with Crippen LogP contribution in [0.5, 0.6) is 0 Å². The van der Waals surface area contributed by atoms with Crippen molar-refractivity contribution in [1.82, 2.24) is 5.32 Å². The lowest BCUT2D eigenvalue weighted by molar-refractivity contribution is 0.261. The summed E-state index contributed by atoms with van der Waals surface area (Å²) in [4.78, 5) is 0. The number of hydrogen-bond acceptors (Lipinski definition) is 2. The van der Waals surface area contributed by atoms with Crippen LogP contribution in [-0.4, -0.2) is 21.2 Å². The zero-order chi connectivity index (χ0) is 5.91. The van der Waals surface area contributed by atoms with Gasteiger partial charge in [0.1, 0.15) is 0 Å². The highest BCUT2D eigenvalue weighted by atomic mass is 35.6. The van der Waals surface area contributed by atoms with Gasteiger partial charge in [-0.3, -0.25) is 5.32 Å². The van der Waals surface area contributed by atoms with Gasteiger partial charge in [0.05, 0.1) is 6.73 Å². The fourth-order valence-corrected chi connectivity index (χ4v) is 0.269. The van der Waals surface area contributed by atoms with Gasteiger partial charge in [0, 0.05) is 0 Å². The Kier molecular flexibility index (Phi) is 6.65. The SMILES string of the molecule is O.OCNC(Cl)(Cl)Cl. The molecule has 0 aliphatic heterocycles. The van der Waals surface area contributed by atoms with Crippen molar-refractivity contribution < 1.29 is 10.6 Å². The first-order valence-corrected chi connectivity index (χ1v) is 2.62. The second kappa shape index (κ2) is 4.61. The summed E-state index contributed by atoms with van der Waals surface area (Å²) in [5.74, 6) is 0. The van der Waals surface area contributed by atoms with E-state index >= 15 is 0 Å². The van der Waals surface area contributed by atoms with Crippen LogP contribution in [0.1, 0.15) is 0 Å². The number of hydrogen-bond donors (Lipinski definition) is 2. The second-order valence-corrected chi connectivity index (χ2v) is 3.11. The van der Waals surface area contributed by atoms with Gasteiger partial charge in [-0.05, 0) is 0 Å². The molecule has 0 aromatic heterocycles. The second-order valence-electron chi connectivity index (χ2n) is 0.833. The van der Waals surface area contributed by atoms with Crippen LogP contribution in [0.25, 0.3) is 0 Å². The van der Waals surface area contributed by atoms with Crippen molar-refractivity contribution in [3.8, 4) is 0 Å². The van der Waals surface area contributed by atoms with E-state index in [0.29, 0.717) is 0 Å². The van der Waals surface area contributed by atoms with Crippen LogP contribution in [-0.2, 0) is 0 Å². The van der Waals surface area contributed by atoms with Gasteiger partial charge < -0.3 is 10.6 Å². The number of aliphatic hydroxyl groups excluding tert-OH is 1. The number of nitrogens with one attached hydrogen (secondary N) is 1. The number of aliphatic hydroxyl groups is 1. The summed E-state index contributed by atoms with van der Waals surface area (Å²) in [5.41, 5.74) is 0. The molecule has 3 nitrogen and oxygen atoms in total. The molecule has 8 heavy (non-hydrogen) atoms. The largest absolute Gasteiger partial charge is 0.412 e. The normalized spacial score (nSPS) is 10.5. The van der Waals surface area contributed by atoms with Crippen LogP contribution in [0.15, 0.2) is 0 Å². The van der Waals surface area contributed by atoms with Gasteiger partial charge in [0.2, 0.25) is 3.92 Å². The lowest BCUT2D eigenvalue weighted by Crippen LogP contribution is -2.28. The minimum absolute atomic E-state index is 0. The van der Waals surface area contributed by atoms with Crippen molar-refractivity contribution in [1.29, 1.82) is 0 Å². The third-order valence-corrected chi connectivity index (χ3v) is 0.680. The quantitative estimate of drug-likeness (QED) is 0.341. The lowest BCUT2D eigenvalue weighted by atomic mass is 11.1. The van der Waals surface area contributed by atoms with Gasteiger partial charge in [-0.2, -0.15) is 0 Å². The molecule has 0 aromatic carbocycles. The molecular formula is C2H6Cl3NO2. The van der Waals surface area contributed by atoms with E-state index in [1.54, 1.807) is 0 Å². The maximum absolute atomic E-state index is 8.04. The highest BCUT2D eigenvalue weighted by Crippen LogP contribution is 2.20. The summed E-state index contributed by atoms with van der Waals surface area (Å²) in [5, 5.41) is 10.2. The average Bonchev–Trinajstić information content (AvgIpc) is 1.30. The molecule has 0 spiro atoms. The predicted octanol–water partition coefficient (Wildman–Crippen LogP) is 0.0288. The van der Waals surface area contributed by atoms with E-state index in [1.807, 2.05) is 0 Å². The Morgan fingerprint density at radius 2 is 1.75 bits per heavy atom. The number of alkyl halides is 3. The van der Waals surface area contributed by atoms with Crippen molar-refractivity contribution in [3.05, 3.63) is 0 Å². The average molecular weight is 182 g/mol. The molecule has 0 amide bonds. The fraction of sp³-hybridized carbons (Fsp3) is 1.00. The summed E-state index contributed by atoms with van der Waals surface area (Å²) in [6.07, 6.45) is 0. The number of halogens is 3. The van der Waals surface area contributed by atoms with Crippen molar-refractivity contribution in [2.45, 2.75) is 3.92 Å². The zero-order valence-electron chi connectivity index (χ0n) is 3.79. The van der Waals surface area contributed by atoms with Crippen LogP contribution in [0, 0.1) is 0 Å². The lowest BCUT2D eigenvalue weighted by Gasteiger charge is -2.08. The van der Waals surface area contributed by atoms with E-state index in [4.69, 9.17) is 39.9 Å². The summed E-state index contributed by atoms with van der Waals surface area (Å²) in [6.45, 7) is -0.337. The van der Waals surface area contributed by atoms with E-state index in [2.05, 4.69) is 5.32 Å². The van der Waals surface area contributed by atoms with E-state index in [-0.39, 0.29) is 12.2 Å². The van der Waals surface area contributed by atoms with E-state index in [9.17, 15) is 0 Å². The van der Waals surface area contributed by atoms with Crippen molar-refractivity contribution in [2.24, 2.45) is 0 Å². The maximum Gasteiger partial charge on any atom is 0.246 e. The topological polar surface area (TPSA) is 63.8 Å². The Hall–Kier alpha value is 0.750. The van der Waals surface area contributed by atoms with Crippen LogP contribution in [0.2, 0.25) is 0 Å². The molecule has 0 bridgehead atoms. The van der Waals surface area contributed by atoms with Crippen LogP contribution in [0.4, 0.5) is 0 Å². The highest BCUT2D eigenvalue weighted by Gasteiger charge is 2.16. The van der Waals surface area contributed by atoms with Gasteiger partial charge in [0.15, 0.2) is 0 Å². The molecule has 6 heteroatoms. The molecular weight excluding hydrogens is 176 g/mol. The predicted molar refractivity (Wildman–Crippen MR) is 34.1 cm³/mol. The molecule has 0 unspecified atom stereocenters. The van der Waals surface area contributed by atoms with Gasteiger partial charge in [-0.1, -0.05) is 34.8 Å². The van der Waals surface area contributed by atoms with Crippen LogP contribution < -0.4 is 5.32 Å². The Morgan fingerprint density at radius 1 is 1.38 bits per heavy atom. The molecule has 4 N–H and O–H groups in total. The first kappa shape index (κ1) is 11.5. The van der Waals surface area contributed by atoms with Gasteiger partial charge in [-0.15, -0.1) is 0 Å². The molecule has 0 rings (SSSR count). The molecule has 0 saturated carbocycles. The molecule has 0 saturated heterocycles. The summed E-state index contributed by atoms with van der Waals surface area (Å²) in [7, 11) is 0. The van der Waals surface area contributed by atoms with Gasteiger partial charge in [0.25, 0.3) is 0 Å². The van der Waals surface area contributed by atoms with Crippen LogP contribution in [0.3, 0.4) is 0 Å². The Balaban J connectivity index is 0. The first-order chi connectivity index (χ1) is 3.06. The molecule has 0 atom stereocenters. The van der Waals surface area contributed by atoms with Crippen molar-refractivity contribution in [3.63, 3.8) is 0 Å². The van der Waals surface area contributed by atoms with Gasteiger partial charge in [-0.25, -0.2) is 0 Å².